The van der Waals surface area contributed by atoms with Gasteiger partial charge in [-0.15, -0.1) is 11.3 Å². The van der Waals surface area contributed by atoms with Crippen molar-refractivity contribution >= 4 is 27.2 Å². The first-order chi connectivity index (χ1) is 8.25. The number of rotatable bonds is 1. The molecule has 1 aromatic carbocycles. The molecule has 3 aromatic rings. The molecule has 84 valence electrons. The minimum Gasteiger partial charge on any atom is -0.397 e. The Kier molecular flexibility index (Phi) is 2.30. The Morgan fingerprint density at radius 2 is 2.06 bits per heavy atom. The van der Waals surface area contributed by atoms with E-state index in [4.69, 9.17) is 5.73 Å². The lowest BCUT2D eigenvalue weighted by Gasteiger charge is -1.98. The average molecular weight is 241 g/mol. The summed E-state index contributed by atoms with van der Waals surface area (Å²) in [7, 11) is 0. The molecule has 0 saturated heterocycles. The summed E-state index contributed by atoms with van der Waals surface area (Å²) in [5.74, 6) is 0. The number of pyridine rings is 1. The standard InChI is InChI=1S/C13H11N3S/c1-8-4-2-6-10-11(8)16-13(17-10)12-9(14)5-3-7-15-12/h2-7H,14H2,1H3. The van der Waals surface area contributed by atoms with Gasteiger partial charge in [0.1, 0.15) is 10.7 Å². The molecule has 2 aromatic heterocycles. The first-order valence-electron chi connectivity index (χ1n) is 5.33. The third-order valence-corrected chi connectivity index (χ3v) is 3.69. The van der Waals surface area contributed by atoms with Crippen LogP contribution in [0.25, 0.3) is 20.9 Å². The second-order valence-electron chi connectivity index (χ2n) is 3.88. The Bertz CT molecular complexity index is 688. The number of aromatic nitrogens is 2. The Hall–Kier alpha value is -1.94. The smallest absolute Gasteiger partial charge is 0.145 e. The number of hydrogen-bond acceptors (Lipinski definition) is 4. The van der Waals surface area contributed by atoms with Crippen LogP contribution in [0.15, 0.2) is 36.5 Å². The van der Waals surface area contributed by atoms with Crippen LogP contribution in [0.2, 0.25) is 0 Å². The van der Waals surface area contributed by atoms with Gasteiger partial charge in [-0.2, -0.15) is 0 Å². The van der Waals surface area contributed by atoms with E-state index in [-0.39, 0.29) is 0 Å². The van der Waals surface area contributed by atoms with E-state index in [1.807, 2.05) is 18.2 Å². The number of benzene rings is 1. The minimum atomic E-state index is 0.671. The Balaban J connectivity index is 2.26. The molecule has 0 unspecified atom stereocenters. The lowest BCUT2D eigenvalue weighted by molar-refractivity contribution is 1.30. The fourth-order valence-electron chi connectivity index (χ4n) is 1.78. The zero-order chi connectivity index (χ0) is 11.8. The summed E-state index contributed by atoms with van der Waals surface area (Å²) in [6, 6.07) is 9.86. The van der Waals surface area contributed by atoms with Crippen LogP contribution in [0, 0.1) is 6.92 Å². The van der Waals surface area contributed by atoms with Crippen molar-refractivity contribution in [1.29, 1.82) is 0 Å². The largest absolute Gasteiger partial charge is 0.397 e. The van der Waals surface area contributed by atoms with Gasteiger partial charge >= 0.3 is 0 Å². The lowest BCUT2D eigenvalue weighted by Crippen LogP contribution is -1.91. The van der Waals surface area contributed by atoms with Crippen molar-refractivity contribution in [3.8, 4) is 10.7 Å². The highest BCUT2D eigenvalue weighted by atomic mass is 32.1. The average Bonchev–Trinajstić information content (AvgIpc) is 2.75. The third kappa shape index (κ3) is 1.66. The molecule has 0 atom stereocenters. The number of hydrogen-bond donors (Lipinski definition) is 1. The first kappa shape index (κ1) is 10.2. The van der Waals surface area contributed by atoms with E-state index in [1.165, 1.54) is 10.3 Å². The van der Waals surface area contributed by atoms with Gasteiger partial charge < -0.3 is 5.73 Å². The highest BCUT2D eigenvalue weighted by Crippen LogP contribution is 2.32. The van der Waals surface area contributed by atoms with Gasteiger partial charge in [0, 0.05) is 6.20 Å². The predicted octanol–water partition coefficient (Wildman–Crippen LogP) is 3.25. The van der Waals surface area contributed by atoms with Crippen molar-refractivity contribution in [2.45, 2.75) is 6.92 Å². The lowest BCUT2D eigenvalue weighted by atomic mass is 10.2. The molecule has 4 heteroatoms. The molecule has 2 heterocycles. The van der Waals surface area contributed by atoms with Crippen LogP contribution in [-0.2, 0) is 0 Å². The monoisotopic (exact) mass is 241 g/mol. The van der Waals surface area contributed by atoms with Gasteiger partial charge in [0.25, 0.3) is 0 Å². The van der Waals surface area contributed by atoms with E-state index in [1.54, 1.807) is 17.5 Å². The predicted molar refractivity (Wildman–Crippen MR) is 72.0 cm³/mol. The van der Waals surface area contributed by atoms with E-state index < -0.39 is 0 Å². The van der Waals surface area contributed by atoms with Gasteiger partial charge in [-0.1, -0.05) is 12.1 Å². The van der Waals surface area contributed by atoms with Crippen LogP contribution < -0.4 is 5.73 Å². The number of fused-ring (bicyclic) bond motifs is 1. The summed E-state index contributed by atoms with van der Waals surface area (Å²) < 4.78 is 1.17. The minimum absolute atomic E-state index is 0.671. The van der Waals surface area contributed by atoms with Crippen molar-refractivity contribution in [2.24, 2.45) is 0 Å². The molecule has 0 radical (unpaired) electrons. The number of nitrogens with two attached hydrogens (primary N) is 1. The summed E-state index contributed by atoms with van der Waals surface area (Å²) in [6.07, 6.45) is 1.74. The molecule has 0 aliphatic rings. The molecule has 0 fully saturated rings. The maximum Gasteiger partial charge on any atom is 0.145 e. The van der Waals surface area contributed by atoms with Crippen LogP contribution >= 0.6 is 11.3 Å². The first-order valence-corrected chi connectivity index (χ1v) is 6.14. The third-order valence-electron chi connectivity index (χ3n) is 2.66. The van der Waals surface area contributed by atoms with Crippen molar-refractivity contribution in [1.82, 2.24) is 9.97 Å². The molecule has 3 nitrogen and oxygen atoms in total. The molecule has 2 N–H and O–H groups in total. The van der Waals surface area contributed by atoms with Gasteiger partial charge in [0.2, 0.25) is 0 Å². The van der Waals surface area contributed by atoms with Crippen LogP contribution in [-0.4, -0.2) is 9.97 Å². The molecule has 0 amide bonds. The molecule has 0 spiro atoms. The van der Waals surface area contributed by atoms with Gasteiger partial charge in [-0.25, -0.2) is 4.98 Å². The fourth-order valence-corrected chi connectivity index (χ4v) is 2.85. The molecule has 17 heavy (non-hydrogen) atoms. The van der Waals surface area contributed by atoms with Gasteiger partial charge in [0.15, 0.2) is 0 Å². The zero-order valence-electron chi connectivity index (χ0n) is 9.34. The quantitative estimate of drug-likeness (QED) is 0.711. The molecule has 0 aliphatic carbocycles. The zero-order valence-corrected chi connectivity index (χ0v) is 10.2. The second-order valence-corrected chi connectivity index (χ2v) is 4.91. The summed E-state index contributed by atoms with van der Waals surface area (Å²) in [6.45, 7) is 2.06. The number of para-hydroxylation sites is 1. The van der Waals surface area contributed by atoms with Crippen molar-refractivity contribution < 1.29 is 0 Å². The molecular formula is C13H11N3S. The van der Waals surface area contributed by atoms with Crippen LogP contribution in [0.3, 0.4) is 0 Å². The van der Waals surface area contributed by atoms with Gasteiger partial charge in [0.05, 0.1) is 15.9 Å². The van der Waals surface area contributed by atoms with E-state index in [2.05, 4.69) is 29.0 Å². The second kappa shape index (κ2) is 3.82. The topological polar surface area (TPSA) is 51.8 Å². The normalized spacial score (nSPS) is 10.9. The molecule has 0 saturated carbocycles. The summed E-state index contributed by atoms with van der Waals surface area (Å²) in [5, 5.41) is 0.882. The number of aryl methyl sites for hydroxylation is 1. The highest BCUT2D eigenvalue weighted by Gasteiger charge is 2.10. The summed E-state index contributed by atoms with van der Waals surface area (Å²) >= 11 is 1.63. The molecule has 0 bridgehead atoms. The summed E-state index contributed by atoms with van der Waals surface area (Å²) in [4.78, 5) is 8.92. The Labute approximate surface area is 103 Å². The van der Waals surface area contributed by atoms with E-state index in [0.717, 1.165) is 16.2 Å². The van der Waals surface area contributed by atoms with Crippen LogP contribution in [0.4, 0.5) is 5.69 Å². The van der Waals surface area contributed by atoms with Crippen molar-refractivity contribution in [3.05, 3.63) is 42.1 Å². The van der Waals surface area contributed by atoms with E-state index in [0.29, 0.717) is 5.69 Å². The number of nitrogen functional groups attached to an aromatic ring is 1. The Morgan fingerprint density at radius 3 is 2.82 bits per heavy atom. The number of anilines is 1. The van der Waals surface area contributed by atoms with Crippen molar-refractivity contribution in [3.63, 3.8) is 0 Å². The Morgan fingerprint density at radius 1 is 1.18 bits per heavy atom. The molecular weight excluding hydrogens is 230 g/mol. The van der Waals surface area contributed by atoms with Gasteiger partial charge in [-0.05, 0) is 30.7 Å². The number of thiazole rings is 1. The van der Waals surface area contributed by atoms with Crippen LogP contribution in [0.1, 0.15) is 5.56 Å². The van der Waals surface area contributed by atoms with E-state index in [9.17, 15) is 0 Å². The number of nitrogens with zero attached hydrogens (tertiary/aromatic N) is 2. The maximum absolute atomic E-state index is 5.92. The fraction of sp³-hybridized carbons (Fsp3) is 0.0769. The molecule has 0 aliphatic heterocycles. The SMILES string of the molecule is Cc1cccc2sc(-c3ncccc3N)nc12. The van der Waals surface area contributed by atoms with E-state index >= 15 is 0 Å². The van der Waals surface area contributed by atoms with Crippen LogP contribution in [0.5, 0.6) is 0 Å². The highest BCUT2D eigenvalue weighted by molar-refractivity contribution is 7.21. The van der Waals surface area contributed by atoms with Gasteiger partial charge in [-0.3, -0.25) is 4.98 Å². The molecule has 3 rings (SSSR count). The maximum atomic E-state index is 5.92. The van der Waals surface area contributed by atoms with Crippen molar-refractivity contribution in [2.75, 3.05) is 5.73 Å². The summed E-state index contributed by atoms with van der Waals surface area (Å²) in [5.41, 5.74) is 9.58.